The summed E-state index contributed by atoms with van der Waals surface area (Å²) < 4.78 is 0. The van der Waals surface area contributed by atoms with Crippen molar-refractivity contribution >= 4 is 39.8 Å². The number of halogens is 2. The molecule has 0 saturated heterocycles. The van der Waals surface area contributed by atoms with Crippen molar-refractivity contribution in [3.63, 3.8) is 0 Å². The van der Waals surface area contributed by atoms with E-state index in [2.05, 4.69) is 0 Å². The molecule has 0 bridgehead atoms. The van der Waals surface area contributed by atoms with Crippen LogP contribution in [0.25, 0.3) is 10.8 Å². The van der Waals surface area contributed by atoms with Gasteiger partial charge in [-0.1, -0.05) is 41.4 Å². The van der Waals surface area contributed by atoms with Gasteiger partial charge < -0.3 is 0 Å². The fourth-order valence-electron chi connectivity index (χ4n) is 3.03. The highest BCUT2D eigenvalue weighted by atomic mass is 35.5. The molecule has 4 rings (SSSR count). The third-order valence-electron chi connectivity index (χ3n) is 3.99. The van der Waals surface area contributed by atoms with Gasteiger partial charge in [-0.25, -0.2) is 0 Å². The van der Waals surface area contributed by atoms with E-state index in [0.717, 1.165) is 39.4 Å². The van der Waals surface area contributed by atoms with Crippen LogP contribution in [0.4, 0.5) is 0 Å². The highest BCUT2D eigenvalue weighted by Gasteiger charge is 2.25. The minimum Gasteiger partial charge on any atom is -0.289 e. The molecule has 0 spiro atoms. The maximum Gasteiger partial charge on any atom is 0.194 e. The Morgan fingerprint density at radius 3 is 2.43 bits per heavy atom. The van der Waals surface area contributed by atoms with Gasteiger partial charge in [0.05, 0.1) is 0 Å². The lowest BCUT2D eigenvalue weighted by Gasteiger charge is -2.20. The van der Waals surface area contributed by atoms with Gasteiger partial charge in [-0.15, -0.1) is 0 Å². The number of rotatable bonds is 0. The van der Waals surface area contributed by atoms with Crippen LogP contribution in [0, 0.1) is 0 Å². The first-order valence-electron chi connectivity index (χ1n) is 6.68. The third kappa shape index (κ3) is 1.97. The summed E-state index contributed by atoms with van der Waals surface area (Å²) in [6.07, 6.45) is 0.732. The second kappa shape index (κ2) is 4.59. The molecule has 0 heterocycles. The first kappa shape index (κ1) is 12.9. The van der Waals surface area contributed by atoms with Crippen molar-refractivity contribution in [1.29, 1.82) is 0 Å². The second-order valence-corrected chi connectivity index (χ2v) is 6.15. The van der Waals surface area contributed by atoms with E-state index in [1.54, 1.807) is 6.07 Å². The molecule has 1 nitrogen and oxygen atoms in total. The van der Waals surface area contributed by atoms with E-state index in [-0.39, 0.29) is 5.78 Å². The zero-order chi connectivity index (χ0) is 14.6. The van der Waals surface area contributed by atoms with Gasteiger partial charge in [0.2, 0.25) is 0 Å². The van der Waals surface area contributed by atoms with Crippen LogP contribution < -0.4 is 0 Å². The van der Waals surface area contributed by atoms with Gasteiger partial charge in [-0.05, 0) is 58.7 Å². The van der Waals surface area contributed by atoms with Crippen molar-refractivity contribution in [3.05, 3.63) is 80.8 Å². The standard InChI is InChI=1S/C18H10Cl2O/c19-13-3-5-15-10(8-13)1-2-11-7-12-9-14(20)4-6-16(12)18(21)17(11)15/h1-6,8-9H,7H2. The van der Waals surface area contributed by atoms with Crippen LogP contribution >= 0.6 is 23.2 Å². The Morgan fingerprint density at radius 2 is 1.57 bits per heavy atom. The van der Waals surface area contributed by atoms with Crippen molar-refractivity contribution in [1.82, 2.24) is 0 Å². The summed E-state index contributed by atoms with van der Waals surface area (Å²) >= 11 is 12.1. The molecular formula is C18H10Cl2O. The lowest BCUT2D eigenvalue weighted by Crippen LogP contribution is -2.15. The first-order chi connectivity index (χ1) is 10.1. The lowest BCUT2D eigenvalue weighted by molar-refractivity contribution is 0.103. The molecule has 0 saturated carbocycles. The number of hydrogen-bond donors (Lipinski definition) is 0. The van der Waals surface area contributed by atoms with E-state index in [4.69, 9.17) is 23.2 Å². The van der Waals surface area contributed by atoms with Gasteiger partial charge in [0, 0.05) is 21.2 Å². The summed E-state index contributed by atoms with van der Waals surface area (Å²) in [5, 5.41) is 3.30. The number of fused-ring (bicyclic) bond motifs is 4. The number of benzene rings is 3. The third-order valence-corrected chi connectivity index (χ3v) is 4.46. The molecule has 0 unspecified atom stereocenters. The van der Waals surface area contributed by atoms with Crippen LogP contribution in [-0.4, -0.2) is 5.78 Å². The van der Waals surface area contributed by atoms with Crippen LogP contribution in [0.15, 0.2) is 48.5 Å². The number of ketones is 1. The van der Waals surface area contributed by atoms with Crippen molar-refractivity contribution in [2.24, 2.45) is 0 Å². The van der Waals surface area contributed by atoms with Gasteiger partial charge >= 0.3 is 0 Å². The van der Waals surface area contributed by atoms with E-state index in [9.17, 15) is 4.79 Å². The fourth-order valence-corrected chi connectivity index (χ4v) is 3.41. The smallest absolute Gasteiger partial charge is 0.194 e. The fraction of sp³-hybridized carbons (Fsp3) is 0.0556. The van der Waals surface area contributed by atoms with Crippen molar-refractivity contribution < 1.29 is 4.79 Å². The van der Waals surface area contributed by atoms with Crippen LogP contribution in [0.3, 0.4) is 0 Å². The lowest BCUT2D eigenvalue weighted by atomic mass is 9.82. The Kier molecular flexibility index (Phi) is 2.81. The minimum atomic E-state index is 0.0656. The Bertz CT molecular complexity index is 912. The number of carbonyl (C=O) groups excluding carboxylic acids is 1. The Labute approximate surface area is 132 Å². The van der Waals surface area contributed by atoms with Gasteiger partial charge in [-0.2, -0.15) is 0 Å². The van der Waals surface area contributed by atoms with Crippen molar-refractivity contribution in [2.45, 2.75) is 6.42 Å². The molecule has 3 heteroatoms. The molecule has 21 heavy (non-hydrogen) atoms. The quantitative estimate of drug-likeness (QED) is 0.431. The van der Waals surface area contributed by atoms with Crippen molar-refractivity contribution in [3.8, 4) is 0 Å². The Hall–Kier alpha value is -1.83. The van der Waals surface area contributed by atoms with Gasteiger partial charge in [-0.3, -0.25) is 4.79 Å². The van der Waals surface area contributed by atoms with Crippen LogP contribution in [0.2, 0.25) is 10.0 Å². The molecule has 0 atom stereocenters. The van der Waals surface area contributed by atoms with E-state index in [0.29, 0.717) is 10.0 Å². The molecule has 0 N–H and O–H groups in total. The zero-order valence-electron chi connectivity index (χ0n) is 11.0. The highest BCUT2D eigenvalue weighted by molar-refractivity contribution is 6.32. The molecule has 1 aliphatic carbocycles. The predicted molar refractivity (Wildman–Crippen MR) is 86.6 cm³/mol. The largest absolute Gasteiger partial charge is 0.289 e. The van der Waals surface area contributed by atoms with Crippen LogP contribution in [0.1, 0.15) is 27.0 Å². The Morgan fingerprint density at radius 1 is 0.810 bits per heavy atom. The SMILES string of the molecule is O=C1c2ccc(Cl)cc2Cc2ccc3cc(Cl)ccc3c21. The maximum atomic E-state index is 12.8. The van der Waals surface area contributed by atoms with E-state index in [1.165, 1.54) is 0 Å². The van der Waals surface area contributed by atoms with Crippen molar-refractivity contribution in [2.75, 3.05) is 0 Å². The first-order valence-corrected chi connectivity index (χ1v) is 7.43. The molecule has 102 valence electrons. The molecule has 3 aromatic carbocycles. The van der Waals surface area contributed by atoms with Crippen LogP contribution in [-0.2, 0) is 6.42 Å². The molecule has 0 amide bonds. The predicted octanol–water partition coefficient (Wildman–Crippen LogP) is 5.28. The minimum absolute atomic E-state index is 0.0656. The summed E-state index contributed by atoms with van der Waals surface area (Å²) in [5.41, 5.74) is 3.58. The molecular weight excluding hydrogens is 303 g/mol. The average molecular weight is 313 g/mol. The normalized spacial score (nSPS) is 13.1. The van der Waals surface area contributed by atoms with Gasteiger partial charge in [0.1, 0.15) is 0 Å². The molecule has 0 aliphatic heterocycles. The summed E-state index contributed by atoms with van der Waals surface area (Å²) in [6.45, 7) is 0. The summed E-state index contributed by atoms with van der Waals surface area (Å²) in [5.74, 6) is 0.0656. The number of hydrogen-bond acceptors (Lipinski definition) is 1. The monoisotopic (exact) mass is 312 g/mol. The summed E-state index contributed by atoms with van der Waals surface area (Å²) in [4.78, 5) is 12.8. The summed E-state index contributed by atoms with van der Waals surface area (Å²) in [6, 6.07) is 15.1. The van der Waals surface area contributed by atoms with E-state index in [1.807, 2.05) is 42.5 Å². The highest BCUT2D eigenvalue weighted by Crippen LogP contribution is 2.34. The molecule has 0 fully saturated rings. The van der Waals surface area contributed by atoms with Crippen LogP contribution in [0.5, 0.6) is 0 Å². The molecule has 0 radical (unpaired) electrons. The maximum absolute atomic E-state index is 12.8. The molecule has 0 aromatic heterocycles. The topological polar surface area (TPSA) is 17.1 Å². The summed E-state index contributed by atoms with van der Waals surface area (Å²) in [7, 11) is 0. The molecule has 3 aromatic rings. The zero-order valence-corrected chi connectivity index (χ0v) is 12.5. The average Bonchev–Trinajstić information content (AvgIpc) is 2.46. The number of carbonyl (C=O) groups is 1. The van der Waals surface area contributed by atoms with Gasteiger partial charge in [0.25, 0.3) is 0 Å². The van der Waals surface area contributed by atoms with E-state index >= 15 is 0 Å². The van der Waals surface area contributed by atoms with Gasteiger partial charge in [0.15, 0.2) is 5.78 Å². The second-order valence-electron chi connectivity index (χ2n) is 5.27. The Balaban J connectivity index is 2.01. The molecule has 1 aliphatic rings. The van der Waals surface area contributed by atoms with E-state index < -0.39 is 0 Å².